The van der Waals surface area contributed by atoms with Gasteiger partial charge in [-0.2, -0.15) is 0 Å². The number of hydrogen-bond acceptors (Lipinski definition) is 2. The third-order valence-electron chi connectivity index (χ3n) is 2.36. The maximum atomic E-state index is 13.0. The van der Waals surface area contributed by atoms with Crippen molar-refractivity contribution in [2.75, 3.05) is 5.73 Å². The van der Waals surface area contributed by atoms with E-state index < -0.39 is 0 Å². The topological polar surface area (TPSA) is 35.2 Å². The standard InChI is InChI=1S/C13H10BrClFNO/c14-10-6-9(2-4-12(10)16)18-7-8-1-3-11(15)13(17)5-8/h1-6H,7,17H2. The minimum Gasteiger partial charge on any atom is -0.489 e. The minimum atomic E-state index is -0.321. The molecule has 18 heavy (non-hydrogen) atoms. The summed E-state index contributed by atoms with van der Waals surface area (Å²) < 4.78 is 18.9. The summed E-state index contributed by atoms with van der Waals surface area (Å²) in [6.07, 6.45) is 0. The van der Waals surface area contributed by atoms with Gasteiger partial charge >= 0.3 is 0 Å². The quantitative estimate of drug-likeness (QED) is 0.846. The van der Waals surface area contributed by atoms with E-state index in [1.807, 2.05) is 6.07 Å². The van der Waals surface area contributed by atoms with Gasteiger partial charge in [0.25, 0.3) is 0 Å². The first-order valence-electron chi connectivity index (χ1n) is 5.18. The van der Waals surface area contributed by atoms with Gasteiger partial charge in [-0.1, -0.05) is 17.7 Å². The summed E-state index contributed by atoms with van der Waals surface area (Å²) in [5, 5.41) is 0.517. The highest BCUT2D eigenvalue weighted by Crippen LogP contribution is 2.24. The second-order valence-electron chi connectivity index (χ2n) is 3.72. The van der Waals surface area contributed by atoms with Crippen LogP contribution in [-0.4, -0.2) is 0 Å². The molecular weight excluding hydrogens is 321 g/mol. The van der Waals surface area contributed by atoms with Gasteiger partial charge in [-0.05, 0) is 51.8 Å². The minimum absolute atomic E-state index is 0.321. The number of nitrogens with two attached hydrogens (primary N) is 1. The fourth-order valence-corrected chi connectivity index (χ4v) is 1.89. The van der Waals surface area contributed by atoms with Crippen molar-refractivity contribution in [2.45, 2.75) is 6.61 Å². The van der Waals surface area contributed by atoms with E-state index in [-0.39, 0.29) is 5.82 Å². The molecule has 0 fully saturated rings. The largest absolute Gasteiger partial charge is 0.489 e. The van der Waals surface area contributed by atoms with E-state index in [1.54, 1.807) is 24.3 Å². The SMILES string of the molecule is Nc1cc(COc2ccc(F)c(Br)c2)ccc1Cl. The maximum Gasteiger partial charge on any atom is 0.137 e. The lowest BCUT2D eigenvalue weighted by molar-refractivity contribution is 0.305. The lowest BCUT2D eigenvalue weighted by Gasteiger charge is -2.08. The summed E-state index contributed by atoms with van der Waals surface area (Å²) in [5.74, 6) is 0.259. The number of nitrogen functional groups attached to an aromatic ring is 1. The number of ether oxygens (including phenoxy) is 1. The molecule has 0 aliphatic heterocycles. The molecule has 0 spiro atoms. The van der Waals surface area contributed by atoms with Gasteiger partial charge in [0.05, 0.1) is 15.2 Å². The predicted octanol–water partition coefficient (Wildman–Crippen LogP) is 4.40. The van der Waals surface area contributed by atoms with Gasteiger partial charge in [-0.25, -0.2) is 4.39 Å². The first kappa shape index (κ1) is 13.2. The van der Waals surface area contributed by atoms with Crippen LogP contribution in [0.15, 0.2) is 40.9 Å². The summed E-state index contributed by atoms with van der Waals surface area (Å²) in [6, 6.07) is 9.79. The van der Waals surface area contributed by atoms with Gasteiger partial charge in [0.1, 0.15) is 18.2 Å². The molecule has 0 heterocycles. The molecule has 2 nitrogen and oxygen atoms in total. The molecule has 2 rings (SSSR count). The number of hydrogen-bond donors (Lipinski definition) is 1. The number of rotatable bonds is 3. The molecule has 0 amide bonds. The Morgan fingerprint density at radius 2 is 2.00 bits per heavy atom. The second kappa shape index (κ2) is 5.59. The predicted molar refractivity (Wildman–Crippen MR) is 74.3 cm³/mol. The Morgan fingerprint density at radius 3 is 2.67 bits per heavy atom. The smallest absolute Gasteiger partial charge is 0.137 e. The van der Waals surface area contributed by atoms with Crippen molar-refractivity contribution >= 4 is 33.2 Å². The highest BCUT2D eigenvalue weighted by Gasteiger charge is 2.03. The molecule has 0 aromatic heterocycles. The molecule has 2 N–H and O–H groups in total. The highest BCUT2D eigenvalue weighted by molar-refractivity contribution is 9.10. The van der Waals surface area contributed by atoms with Crippen molar-refractivity contribution in [2.24, 2.45) is 0 Å². The molecule has 0 aliphatic rings. The van der Waals surface area contributed by atoms with E-state index in [4.69, 9.17) is 22.1 Å². The average molecular weight is 331 g/mol. The number of halogens is 3. The first-order valence-corrected chi connectivity index (χ1v) is 6.35. The normalized spacial score (nSPS) is 10.4. The fourth-order valence-electron chi connectivity index (χ4n) is 1.42. The van der Waals surface area contributed by atoms with E-state index in [9.17, 15) is 4.39 Å². The number of anilines is 1. The third kappa shape index (κ3) is 3.15. The van der Waals surface area contributed by atoms with Gasteiger partial charge in [0, 0.05) is 0 Å². The van der Waals surface area contributed by atoms with Gasteiger partial charge in [-0.3, -0.25) is 0 Å². The summed E-state index contributed by atoms with van der Waals surface area (Å²) >= 11 is 8.92. The Bertz CT molecular complexity index is 525. The van der Waals surface area contributed by atoms with E-state index in [0.717, 1.165) is 5.56 Å². The van der Waals surface area contributed by atoms with Crippen molar-refractivity contribution in [3.63, 3.8) is 0 Å². The molecule has 0 bridgehead atoms. The van der Waals surface area contributed by atoms with Crippen LogP contribution in [0.2, 0.25) is 5.02 Å². The molecule has 2 aromatic carbocycles. The Morgan fingerprint density at radius 1 is 1.22 bits per heavy atom. The molecule has 2 aromatic rings. The molecule has 0 atom stereocenters. The van der Waals surface area contributed by atoms with Crippen LogP contribution in [0.4, 0.5) is 10.1 Å². The van der Waals surface area contributed by atoms with Crippen LogP contribution in [0, 0.1) is 5.82 Å². The van der Waals surface area contributed by atoms with Crippen LogP contribution >= 0.6 is 27.5 Å². The zero-order valence-corrected chi connectivity index (χ0v) is 11.6. The lowest BCUT2D eigenvalue weighted by Crippen LogP contribution is -1.97. The molecule has 94 valence electrons. The third-order valence-corrected chi connectivity index (χ3v) is 3.31. The Labute approximate surface area is 118 Å². The maximum absolute atomic E-state index is 13.0. The number of benzene rings is 2. The van der Waals surface area contributed by atoms with E-state index >= 15 is 0 Å². The van der Waals surface area contributed by atoms with E-state index in [0.29, 0.717) is 27.5 Å². The van der Waals surface area contributed by atoms with Crippen LogP contribution in [0.3, 0.4) is 0 Å². The second-order valence-corrected chi connectivity index (χ2v) is 4.98. The summed E-state index contributed by atoms with van der Waals surface area (Å²) in [4.78, 5) is 0. The average Bonchev–Trinajstić information content (AvgIpc) is 2.35. The molecule has 0 unspecified atom stereocenters. The van der Waals surface area contributed by atoms with Gasteiger partial charge in [-0.15, -0.1) is 0 Å². The van der Waals surface area contributed by atoms with Gasteiger partial charge < -0.3 is 10.5 Å². The van der Waals surface area contributed by atoms with Crippen molar-refractivity contribution in [1.29, 1.82) is 0 Å². The van der Waals surface area contributed by atoms with Gasteiger partial charge in [0.15, 0.2) is 0 Å². The van der Waals surface area contributed by atoms with Crippen LogP contribution in [0.1, 0.15) is 5.56 Å². The summed E-state index contributed by atoms with van der Waals surface area (Å²) in [7, 11) is 0. The molecule has 0 saturated heterocycles. The Hall–Kier alpha value is -1.26. The Kier molecular flexibility index (Phi) is 4.09. The molecule has 0 radical (unpaired) electrons. The highest BCUT2D eigenvalue weighted by atomic mass is 79.9. The zero-order chi connectivity index (χ0) is 13.1. The van der Waals surface area contributed by atoms with Crippen LogP contribution < -0.4 is 10.5 Å². The van der Waals surface area contributed by atoms with Gasteiger partial charge in [0.2, 0.25) is 0 Å². The van der Waals surface area contributed by atoms with Crippen molar-refractivity contribution in [1.82, 2.24) is 0 Å². The van der Waals surface area contributed by atoms with Crippen LogP contribution in [0.25, 0.3) is 0 Å². The first-order chi connectivity index (χ1) is 8.56. The molecule has 5 heteroatoms. The Balaban J connectivity index is 2.06. The van der Waals surface area contributed by atoms with Crippen LogP contribution in [0.5, 0.6) is 5.75 Å². The zero-order valence-electron chi connectivity index (χ0n) is 9.29. The van der Waals surface area contributed by atoms with Crippen molar-refractivity contribution < 1.29 is 9.13 Å². The summed E-state index contributed by atoms with van der Waals surface area (Å²) in [5.41, 5.74) is 7.10. The molecular formula is C13H10BrClFNO. The molecule has 0 aliphatic carbocycles. The lowest BCUT2D eigenvalue weighted by atomic mass is 10.2. The van der Waals surface area contributed by atoms with Crippen LogP contribution in [-0.2, 0) is 6.61 Å². The monoisotopic (exact) mass is 329 g/mol. The van der Waals surface area contributed by atoms with E-state index in [2.05, 4.69) is 15.9 Å². The van der Waals surface area contributed by atoms with E-state index in [1.165, 1.54) is 6.07 Å². The molecule has 0 saturated carbocycles. The summed E-state index contributed by atoms with van der Waals surface area (Å²) in [6.45, 7) is 0.347. The fraction of sp³-hybridized carbons (Fsp3) is 0.0769. The van der Waals surface area contributed by atoms with Crippen molar-refractivity contribution in [3.8, 4) is 5.75 Å². The van der Waals surface area contributed by atoms with Crippen molar-refractivity contribution in [3.05, 3.63) is 57.3 Å².